The lowest BCUT2D eigenvalue weighted by atomic mass is 9.98. The Labute approximate surface area is 95.8 Å². The molecule has 3 N–H and O–H groups in total. The number of benzene rings is 1. The van der Waals surface area contributed by atoms with Gasteiger partial charge in [-0.05, 0) is 30.7 Å². The number of aliphatic hydroxyl groups excluding tert-OH is 1. The molecule has 0 aliphatic carbocycles. The van der Waals surface area contributed by atoms with Gasteiger partial charge in [0, 0.05) is 11.1 Å². The number of hydrogen-bond acceptors (Lipinski definition) is 2. The zero-order valence-electron chi connectivity index (χ0n) is 8.42. The highest BCUT2D eigenvalue weighted by molar-refractivity contribution is 6.30. The molecule has 0 heterocycles. The van der Waals surface area contributed by atoms with Crippen LogP contribution in [0.2, 0.25) is 5.02 Å². The van der Waals surface area contributed by atoms with E-state index in [4.69, 9.17) is 17.3 Å². The second-order valence-electron chi connectivity index (χ2n) is 3.53. The van der Waals surface area contributed by atoms with Crippen LogP contribution in [0.1, 0.15) is 24.2 Å². The van der Waals surface area contributed by atoms with Crippen molar-refractivity contribution in [1.29, 1.82) is 0 Å². The summed E-state index contributed by atoms with van der Waals surface area (Å²) < 4.78 is 37.8. The van der Waals surface area contributed by atoms with Gasteiger partial charge < -0.3 is 10.8 Å². The Kier molecular flexibility index (Phi) is 3.83. The molecular weight excluding hydrogens is 243 g/mol. The molecule has 0 radical (unpaired) electrons. The van der Waals surface area contributed by atoms with Crippen LogP contribution in [0.4, 0.5) is 13.2 Å². The predicted molar refractivity (Wildman–Crippen MR) is 55.1 cm³/mol. The zero-order valence-corrected chi connectivity index (χ0v) is 9.18. The molecule has 0 aromatic heterocycles. The highest BCUT2D eigenvalue weighted by Crippen LogP contribution is 2.36. The van der Waals surface area contributed by atoms with E-state index in [2.05, 4.69) is 0 Å². The first kappa shape index (κ1) is 13.3. The maximum absolute atomic E-state index is 12.6. The first-order chi connectivity index (χ1) is 7.23. The third-order valence-corrected chi connectivity index (χ3v) is 2.37. The van der Waals surface area contributed by atoms with E-state index in [1.807, 2.05) is 0 Å². The Hall–Kier alpha value is -0.780. The summed E-state index contributed by atoms with van der Waals surface area (Å²) >= 11 is 5.60. The molecule has 2 atom stereocenters. The van der Waals surface area contributed by atoms with Crippen molar-refractivity contribution in [2.45, 2.75) is 25.2 Å². The highest BCUT2D eigenvalue weighted by Gasteiger charge is 2.35. The van der Waals surface area contributed by atoms with Gasteiger partial charge in [-0.1, -0.05) is 11.6 Å². The van der Waals surface area contributed by atoms with Gasteiger partial charge in [0.15, 0.2) is 0 Å². The van der Waals surface area contributed by atoms with Gasteiger partial charge in [-0.25, -0.2) is 0 Å². The smallest absolute Gasteiger partial charge is 0.387 e. The minimum absolute atomic E-state index is 0.128. The van der Waals surface area contributed by atoms with Gasteiger partial charge in [-0.2, -0.15) is 13.2 Å². The fourth-order valence-corrected chi connectivity index (χ4v) is 1.50. The van der Waals surface area contributed by atoms with Crippen molar-refractivity contribution in [3.8, 4) is 0 Å². The van der Waals surface area contributed by atoms with Gasteiger partial charge >= 0.3 is 6.18 Å². The van der Waals surface area contributed by atoms with Gasteiger partial charge in [-0.15, -0.1) is 0 Å². The molecule has 0 unspecified atom stereocenters. The van der Waals surface area contributed by atoms with E-state index in [0.29, 0.717) is 0 Å². The van der Waals surface area contributed by atoms with E-state index in [1.54, 1.807) is 0 Å². The third kappa shape index (κ3) is 2.87. The standard InChI is InChI=1S/C10H11ClF3NO/c1-5(15)9(16)7-4-6(11)2-3-8(7)10(12,13)14/h2-5,9,16H,15H2,1H3/t5-,9-/m1/s1. The number of aliphatic hydroxyl groups is 1. The van der Waals surface area contributed by atoms with Gasteiger partial charge in [-0.3, -0.25) is 0 Å². The summed E-state index contributed by atoms with van der Waals surface area (Å²) in [5, 5.41) is 9.71. The van der Waals surface area contributed by atoms with Crippen molar-refractivity contribution in [1.82, 2.24) is 0 Å². The molecule has 0 amide bonds. The SMILES string of the molecule is C[C@@H](N)[C@@H](O)c1cc(Cl)ccc1C(F)(F)F. The van der Waals surface area contributed by atoms with Crippen LogP contribution in [0.5, 0.6) is 0 Å². The Morgan fingerprint density at radius 3 is 2.38 bits per heavy atom. The molecule has 1 aromatic rings. The summed E-state index contributed by atoms with van der Waals surface area (Å²) in [5.74, 6) is 0. The third-order valence-electron chi connectivity index (χ3n) is 2.14. The first-order valence-corrected chi connectivity index (χ1v) is 4.91. The molecule has 90 valence electrons. The quantitative estimate of drug-likeness (QED) is 0.851. The van der Waals surface area contributed by atoms with E-state index in [1.165, 1.54) is 6.92 Å². The first-order valence-electron chi connectivity index (χ1n) is 4.53. The molecule has 16 heavy (non-hydrogen) atoms. The summed E-state index contributed by atoms with van der Waals surface area (Å²) in [5.41, 5.74) is 4.16. The van der Waals surface area contributed by atoms with E-state index < -0.39 is 23.9 Å². The van der Waals surface area contributed by atoms with Crippen LogP contribution in [0.15, 0.2) is 18.2 Å². The topological polar surface area (TPSA) is 46.2 Å². The second kappa shape index (κ2) is 4.61. The minimum Gasteiger partial charge on any atom is -0.387 e. The van der Waals surface area contributed by atoms with Crippen LogP contribution < -0.4 is 5.73 Å². The number of halogens is 4. The maximum Gasteiger partial charge on any atom is 0.416 e. The second-order valence-corrected chi connectivity index (χ2v) is 3.97. The number of rotatable bonds is 2. The van der Waals surface area contributed by atoms with Crippen LogP contribution in [-0.2, 0) is 6.18 Å². The van der Waals surface area contributed by atoms with Gasteiger partial charge in [0.25, 0.3) is 0 Å². The molecule has 0 saturated heterocycles. The van der Waals surface area contributed by atoms with Crippen molar-refractivity contribution in [2.75, 3.05) is 0 Å². The lowest BCUT2D eigenvalue weighted by molar-refractivity contribution is -0.139. The fraction of sp³-hybridized carbons (Fsp3) is 0.400. The molecule has 1 rings (SSSR count). The monoisotopic (exact) mass is 253 g/mol. The Balaban J connectivity index is 3.29. The summed E-state index contributed by atoms with van der Waals surface area (Å²) in [6.45, 7) is 1.42. The Bertz CT molecular complexity index is 379. The highest BCUT2D eigenvalue weighted by atomic mass is 35.5. The van der Waals surface area contributed by atoms with Crippen LogP contribution in [0, 0.1) is 0 Å². The van der Waals surface area contributed by atoms with Crippen LogP contribution in [0.3, 0.4) is 0 Å². The number of nitrogens with two attached hydrogens (primary N) is 1. The van der Waals surface area contributed by atoms with Crippen LogP contribution in [-0.4, -0.2) is 11.1 Å². The van der Waals surface area contributed by atoms with Gasteiger partial charge in [0.05, 0.1) is 11.7 Å². The van der Waals surface area contributed by atoms with Crippen LogP contribution in [0.25, 0.3) is 0 Å². The lowest BCUT2D eigenvalue weighted by Crippen LogP contribution is -2.26. The minimum atomic E-state index is -4.53. The van der Waals surface area contributed by atoms with Gasteiger partial charge in [0.2, 0.25) is 0 Å². The van der Waals surface area contributed by atoms with E-state index >= 15 is 0 Å². The van der Waals surface area contributed by atoms with E-state index in [9.17, 15) is 18.3 Å². The fourth-order valence-electron chi connectivity index (χ4n) is 1.32. The summed E-state index contributed by atoms with van der Waals surface area (Å²) in [6, 6.07) is 2.24. The molecule has 0 saturated carbocycles. The summed E-state index contributed by atoms with van der Waals surface area (Å²) in [4.78, 5) is 0. The van der Waals surface area contributed by atoms with Crippen molar-refractivity contribution >= 4 is 11.6 Å². The molecule has 0 aliphatic rings. The summed E-state index contributed by atoms with van der Waals surface area (Å²) in [7, 11) is 0. The Morgan fingerprint density at radius 1 is 1.38 bits per heavy atom. The molecule has 2 nitrogen and oxygen atoms in total. The Morgan fingerprint density at radius 2 is 1.94 bits per heavy atom. The zero-order chi connectivity index (χ0) is 12.5. The molecule has 0 spiro atoms. The average molecular weight is 254 g/mol. The predicted octanol–water partition coefficient (Wildman–Crippen LogP) is 2.74. The molecule has 0 aliphatic heterocycles. The molecule has 0 fully saturated rings. The molecular formula is C10H11ClF3NO. The lowest BCUT2D eigenvalue weighted by Gasteiger charge is -2.20. The van der Waals surface area contributed by atoms with E-state index in [0.717, 1.165) is 18.2 Å². The van der Waals surface area contributed by atoms with Crippen molar-refractivity contribution < 1.29 is 18.3 Å². The van der Waals surface area contributed by atoms with Crippen LogP contribution >= 0.6 is 11.6 Å². The maximum atomic E-state index is 12.6. The molecule has 6 heteroatoms. The normalized spacial score (nSPS) is 15.9. The average Bonchev–Trinajstić information content (AvgIpc) is 2.14. The van der Waals surface area contributed by atoms with Gasteiger partial charge in [0.1, 0.15) is 0 Å². The molecule has 1 aromatic carbocycles. The number of hydrogen-bond donors (Lipinski definition) is 2. The molecule has 0 bridgehead atoms. The van der Waals surface area contributed by atoms with Crippen molar-refractivity contribution in [3.05, 3.63) is 34.3 Å². The number of alkyl halides is 3. The van der Waals surface area contributed by atoms with Crippen molar-refractivity contribution in [2.24, 2.45) is 5.73 Å². The van der Waals surface area contributed by atoms with Crippen molar-refractivity contribution in [3.63, 3.8) is 0 Å². The summed E-state index contributed by atoms with van der Waals surface area (Å²) in [6.07, 6.45) is -5.93. The largest absolute Gasteiger partial charge is 0.416 e. The van der Waals surface area contributed by atoms with E-state index in [-0.39, 0.29) is 10.6 Å².